The monoisotopic (exact) mass is 732 g/mol. The van der Waals surface area contributed by atoms with E-state index in [2.05, 4.69) is 130 Å². The fourth-order valence-electron chi connectivity index (χ4n) is 7.25. The zero-order valence-corrected chi connectivity index (χ0v) is 31.0. The standard InChI is InChI=1S/2C20H15O.2ClH.H2Si.Zr/c2*1-14-10-16-12-17(20-8-5-9-21-20)13-19(16)18(11-14)15-6-3-2-4-7-15;;;;/h2*2-13H,1H3;2*1H;1H2;/q;;;;;+2/p-2. The molecule has 6 heteroatoms. The molecule has 0 N–H and O–H groups in total. The number of hydrogen-bond donors (Lipinski definition) is 0. The Labute approximate surface area is 292 Å². The van der Waals surface area contributed by atoms with Crippen LogP contribution in [0.25, 0.3) is 45.6 Å². The Balaban J connectivity index is 0.00000186. The summed E-state index contributed by atoms with van der Waals surface area (Å²) in [5.41, 5.74) is 16.0. The molecule has 8 rings (SSSR count). The molecule has 2 nitrogen and oxygen atoms in total. The Morgan fingerprint density at radius 1 is 0.543 bits per heavy atom. The third-order valence-corrected chi connectivity index (χ3v) is 20.6. The Hall–Kier alpha value is -3.40. The average molecular weight is 735 g/mol. The van der Waals surface area contributed by atoms with Crippen LogP contribution in [0.3, 0.4) is 0 Å². The van der Waals surface area contributed by atoms with E-state index >= 15 is 0 Å². The van der Waals surface area contributed by atoms with Gasteiger partial charge in [0.05, 0.1) is 0 Å². The Morgan fingerprint density at radius 3 is 1.33 bits per heavy atom. The van der Waals surface area contributed by atoms with Gasteiger partial charge < -0.3 is 24.8 Å². The molecule has 2 aromatic heterocycles. The van der Waals surface area contributed by atoms with Crippen molar-refractivity contribution < 1.29 is 54.0 Å². The van der Waals surface area contributed by atoms with E-state index in [4.69, 9.17) is 8.83 Å². The van der Waals surface area contributed by atoms with Gasteiger partial charge in [-0.3, -0.25) is 0 Å². The minimum atomic E-state index is -2.49. The molecule has 2 atom stereocenters. The molecular weight excluding hydrogens is 703 g/mol. The van der Waals surface area contributed by atoms with E-state index in [1.54, 1.807) is 0 Å². The molecule has 6 aromatic rings. The van der Waals surface area contributed by atoms with Crippen LogP contribution >= 0.6 is 0 Å². The number of hydrogen-bond acceptors (Lipinski definition) is 2. The maximum Gasteiger partial charge on any atom is -1.00 e. The summed E-state index contributed by atoms with van der Waals surface area (Å²) in [5, 5.41) is 0. The van der Waals surface area contributed by atoms with Gasteiger partial charge in [0.25, 0.3) is 0 Å². The maximum atomic E-state index is 6.17. The zero-order chi connectivity index (χ0) is 29.8. The summed E-state index contributed by atoms with van der Waals surface area (Å²) in [7, 11) is 0. The topological polar surface area (TPSA) is 26.3 Å². The Kier molecular flexibility index (Phi) is 9.46. The summed E-state index contributed by atoms with van der Waals surface area (Å²) < 4.78 is 13.0. The van der Waals surface area contributed by atoms with Gasteiger partial charge in [-0.1, -0.05) is 0 Å². The van der Waals surface area contributed by atoms with Crippen LogP contribution in [0.4, 0.5) is 0 Å². The third-order valence-electron chi connectivity index (χ3n) is 9.08. The van der Waals surface area contributed by atoms with E-state index < -0.39 is 20.4 Å². The summed E-state index contributed by atoms with van der Waals surface area (Å²) in [5.74, 6) is 1.98. The summed E-state index contributed by atoms with van der Waals surface area (Å²) in [6, 6.07) is 39.6. The van der Waals surface area contributed by atoms with Crippen LogP contribution in [0.5, 0.6) is 0 Å². The Morgan fingerprint density at radius 2 is 0.957 bits per heavy atom. The number of rotatable bonds is 6. The van der Waals surface area contributed by atoms with Gasteiger partial charge in [0.15, 0.2) is 0 Å². The predicted octanol–water partition coefficient (Wildman–Crippen LogP) is 3.89. The van der Waals surface area contributed by atoms with E-state index in [9.17, 15) is 0 Å². The SMILES string of the molecule is Cc1cc(-c2ccccc2)c2c(c1)[CH]([Zr+2](=[SiH2])[CH]1C(c3ccco3)=Cc3c(-c4ccccc4)cc(C)cc31)C(c1ccco1)=C2.[Cl-].[Cl-]. The van der Waals surface area contributed by atoms with Gasteiger partial charge in [-0.15, -0.1) is 0 Å². The van der Waals surface area contributed by atoms with Crippen LogP contribution in [0.1, 0.15) is 52.2 Å². The van der Waals surface area contributed by atoms with E-state index in [-0.39, 0.29) is 24.8 Å². The number of fused-ring (bicyclic) bond motifs is 2. The smallest absolute Gasteiger partial charge is 1.00 e. The number of allylic oxidation sites excluding steroid dienone is 2. The van der Waals surface area contributed by atoms with E-state index in [0.29, 0.717) is 7.25 Å². The molecule has 0 saturated carbocycles. The van der Waals surface area contributed by atoms with Crippen LogP contribution in [-0.2, 0) is 20.4 Å². The van der Waals surface area contributed by atoms with Crippen molar-refractivity contribution in [1.29, 1.82) is 0 Å². The van der Waals surface area contributed by atoms with Gasteiger partial charge in [0, 0.05) is 0 Å². The summed E-state index contributed by atoms with van der Waals surface area (Å²) in [6.07, 6.45) is 8.50. The second-order valence-corrected chi connectivity index (χ2v) is 22.5. The maximum absolute atomic E-state index is 6.17. The van der Waals surface area contributed by atoms with E-state index in [1.165, 1.54) is 66.8 Å². The normalized spacial score (nSPS) is 15.8. The van der Waals surface area contributed by atoms with Crippen molar-refractivity contribution >= 4 is 30.2 Å². The van der Waals surface area contributed by atoms with E-state index in [1.807, 2.05) is 24.7 Å². The van der Waals surface area contributed by atoms with Gasteiger partial charge in [0.2, 0.25) is 0 Å². The van der Waals surface area contributed by atoms with Crippen molar-refractivity contribution in [1.82, 2.24) is 0 Å². The van der Waals surface area contributed by atoms with Crippen LogP contribution in [0.2, 0.25) is 0 Å². The van der Waals surface area contributed by atoms with E-state index in [0.717, 1.165) is 11.5 Å². The fraction of sp³-hybridized carbons (Fsp3) is 0.100. The molecule has 4 aromatic carbocycles. The van der Waals surface area contributed by atoms with Crippen LogP contribution in [-0.4, -0.2) is 6.88 Å². The van der Waals surface area contributed by atoms with Crippen molar-refractivity contribution in [3.05, 3.63) is 167 Å². The summed E-state index contributed by atoms with van der Waals surface area (Å²) in [6.45, 7) is 6.81. The molecule has 0 aliphatic heterocycles. The molecule has 226 valence electrons. The molecule has 2 aliphatic carbocycles. The molecule has 46 heavy (non-hydrogen) atoms. The molecule has 0 spiro atoms. The zero-order valence-electron chi connectivity index (χ0n) is 25.6. The first-order valence-corrected chi connectivity index (χ1v) is 23.9. The fourth-order valence-corrected chi connectivity index (χ4v) is 19.5. The predicted molar refractivity (Wildman–Crippen MR) is 180 cm³/mol. The number of benzene rings is 4. The molecule has 0 bridgehead atoms. The third kappa shape index (κ3) is 5.60. The number of aryl methyl sites for hydroxylation is 2. The van der Waals surface area contributed by atoms with Crippen molar-refractivity contribution in [2.75, 3.05) is 0 Å². The van der Waals surface area contributed by atoms with Crippen LogP contribution in [0, 0.1) is 13.8 Å². The second-order valence-electron chi connectivity index (χ2n) is 12.0. The first-order chi connectivity index (χ1) is 21.6. The van der Waals surface area contributed by atoms with Crippen molar-refractivity contribution in [2.45, 2.75) is 21.1 Å². The van der Waals surface area contributed by atoms with Crippen LogP contribution < -0.4 is 24.8 Å². The quantitative estimate of drug-likeness (QED) is 0.243. The largest absolute Gasteiger partial charge is 1.00 e. The van der Waals surface area contributed by atoms with Gasteiger partial charge in [-0.05, 0) is 0 Å². The van der Waals surface area contributed by atoms with Crippen molar-refractivity contribution in [2.24, 2.45) is 0 Å². The van der Waals surface area contributed by atoms with Gasteiger partial charge >= 0.3 is 269 Å². The number of halogens is 2. The number of furan rings is 2. The minimum Gasteiger partial charge on any atom is -1.00 e. The second kappa shape index (κ2) is 13.4. The molecule has 0 fully saturated rings. The van der Waals surface area contributed by atoms with Gasteiger partial charge in [0.1, 0.15) is 0 Å². The van der Waals surface area contributed by atoms with Crippen LogP contribution in [0.15, 0.2) is 131 Å². The van der Waals surface area contributed by atoms with Crippen molar-refractivity contribution in [3.63, 3.8) is 0 Å². The Bertz CT molecular complexity index is 1950. The first-order valence-electron chi connectivity index (χ1n) is 15.2. The molecular formula is C40H32Cl2O2SiZr. The average Bonchev–Trinajstić information content (AvgIpc) is 3.86. The van der Waals surface area contributed by atoms with Gasteiger partial charge in [-0.2, -0.15) is 0 Å². The molecule has 2 heterocycles. The summed E-state index contributed by atoms with van der Waals surface area (Å²) >= 11 is -2.49. The molecule has 2 aliphatic rings. The molecule has 2 unspecified atom stereocenters. The molecule has 0 amide bonds. The van der Waals surface area contributed by atoms with Gasteiger partial charge in [-0.25, -0.2) is 0 Å². The van der Waals surface area contributed by atoms with Crippen molar-refractivity contribution in [3.8, 4) is 22.3 Å². The summed E-state index contributed by atoms with van der Waals surface area (Å²) in [4.78, 5) is 0. The molecule has 0 saturated heterocycles. The minimum absolute atomic E-state index is 0. The molecule has 0 radical (unpaired) electrons. The first kappa shape index (κ1) is 32.5.